The summed E-state index contributed by atoms with van der Waals surface area (Å²) in [6, 6.07) is 12.6. The van der Waals surface area contributed by atoms with Crippen LogP contribution in [0.5, 0.6) is 0 Å². The van der Waals surface area contributed by atoms with Crippen LogP contribution >= 0.6 is 11.6 Å². The van der Waals surface area contributed by atoms with Gasteiger partial charge in [-0.3, -0.25) is 4.55 Å². The average Bonchev–Trinajstić information content (AvgIpc) is 2.36. The van der Waals surface area contributed by atoms with E-state index in [1.807, 2.05) is 6.07 Å². The molecule has 1 N–H and O–H groups in total. The van der Waals surface area contributed by atoms with Crippen molar-refractivity contribution in [2.45, 2.75) is 4.90 Å². The van der Waals surface area contributed by atoms with Crippen LogP contribution in [0.15, 0.2) is 63.7 Å². The maximum atomic E-state index is 11.2. The summed E-state index contributed by atoms with van der Waals surface area (Å²) in [4.78, 5) is -0.336. The van der Waals surface area contributed by atoms with Crippen LogP contribution < -0.4 is 0 Å². The van der Waals surface area contributed by atoms with Crippen molar-refractivity contribution in [1.82, 2.24) is 0 Å². The fraction of sp³-hybridized carbons (Fsp3) is 0. The maximum Gasteiger partial charge on any atom is 0.296 e. The molecule has 0 bridgehead atoms. The zero-order valence-electron chi connectivity index (χ0n) is 9.56. The van der Waals surface area contributed by atoms with Crippen LogP contribution in [0.2, 0.25) is 5.02 Å². The van der Waals surface area contributed by atoms with E-state index in [1.165, 1.54) is 18.2 Å². The van der Waals surface area contributed by atoms with Gasteiger partial charge in [0.15, 0.2) is 0 Å². The average molecular weight is 297 g/mol. The Morgan fingerprint density at radius 2 is 1.68 bits per heavy atom. The van der Waals surface area contributed by atoms with Crippen molar-refractivity contribution < 1.29 is 13.0 Å². The molecule has 2 rings (SSSR count). The molecule has 0 unspecified atom stereocenters. The van der Waals surface area contributed by atoms with Gasteiger partial charge in [-0.15, -0.1) is 5.11 Å². The molecule has 0 aliphatic rings. The number of rotatable bonds is 3. The number of hydrogen-bond acceptors (Lipinski definition) is 4. The molecule has 0 fully saturated rings. The second-order valence-corrected chi connectivity index (χ2v) is 5.45. The molecule has 0 aliphatic carbocycles. The number of benzene rings is 2. The molecule has 19 heavy (non-hydrogen) atoms. The Bertz CT molecular complexity index is 715. The van der Waals surface area contributed by atoms with Gasteiger partial charge in [0.05, 0.1) is 5.69 Å². The normalized spacial score (nSPS) is 11.9. The van der Waals surface area contributed by atoms with E-state index in [1.54, 1.807) is 24.3 Å². The molecular formula is C12H9ClN2O3S. The van der Waals surface area contributed by atoms with Crippen molar-refractivity contribution in [3.05, 3.63) is 53.6 Å². The molecule has 0 heterocycles. The Balaban J connectivity index is 2.45. The number of azo groups is 1. The van der Waals surface area contributed by atoms with Gasteiger partial charge in [0, 0.05) is 5.02 Å². The molecular weight excluding hydrogens is 288 g/mol. The van der Waals surface area contributed by atoms with Crippen molar-refractivity contribution in [3.8, 4) is 0 Å². The topological polar surface area (TPSA) is 79.1 Å². The fourth-order valence-electron chi connectivity index (χ4n) is 1.39. The second kappa shape index (κ2) is 5.48. The van der Waals surface area contributed by atoms with Crippen LogP contribution in [0.4, 0.5) is 11.4 Å². The van der Waals surface area contributed by atoms with Crippen LogP contribution in [0.1, 0.15) is 0 Å². The third-order valence-electron chi connectivity index (χ3n) is 2.23. The molecule has 0 aliphatic heterocycles. The molecule has 7 heteroatoms. The first-order chi connectivity index (χ1) is 8.97. The molecule has 0 radical (unpaired) electrons. The predicted octanol–water partition coefficient (Wildman–Crippen LogP) is 4.00. The standard InChI is InChI=1S/C12H9ClN2O3S/c13-9-6-7-12(19(16,17)18)11(8-9)15-14-10-4-2-1-3-5-10/h1-8H,(H,16,17,18). The Hall–Kier alpha value is -1.76. The van der Waals surface area contributed by atoms with Gasteiger partial charge in [0.1, 0.15) is 10.6 Å². The number of nitrogens with zero attached hydrogens (tertiary/aromatic N) is 2. The summed E-state index contributed by atoms with van der Waals surface area (Å²) in [5.41, 5.74) is 0.544. The van der Waals surface area contributed by atoms with Crippen molar-refractivity contribution in [2.24, 2.45) is 10.2 Å². The van der Waals surface area contributed by atoms with Crippen molar-refractivity contribution in [1.29, 1.82) is 0 Å². The lowest BCUT2D eigenvalue weighted by molar-refractivity contribution is 0.483. The molecule has 2 aromatic carbocycles. The fourth-order valence-corrected chi connectivity index (χ4v) is 2.16. The highest BCUT2D eigenvalue weighted by Crippen LogP contribution is 2.29. The first-order valence-electron chi connectivity index (χ1n) is 5.20. The Morgan fingerprint density at radius 3 is 2.32 bits per heavy atom. The Kier molecular flexibility index (Phi) is 3.94. The van der Waals surface area contributed by atoms with Crippen molar-refractivity contribution >= 4 is 33.1 Å². The largest absolute Gasteiger partial charge is 0.296 e. The maximum absolute atomic E-state index is 11.2. The summed E-state index contributed by atoms with van der Waals surface area (Å²) in [6.45, 7) is 0. The van der Waals surface area contributed by atoms with Gasteiger partial charge >= 0.3 is 0 Å². The second-order valence-electron chi connectivity index (χ2n) is 3.62. The van der Waals surface area contributed by atoms with Gasteiger partial charge in [-0.2, -0.15) is 13.5 Å². The summed E-state index contributed by atoms with van der Waals surface area (Å²) >= 11 is 5.77. The van der Waals surface area contributed by atoms with E-state index in [4.69, 9.17) is 16.2 Å². The van der Waals surface area contributed by atoms with E-state index in [0.29, 0.717) is 10.7 Å². The quantitative estimate of drug-likeness (QED) is 0.686. The van der Waals surface area contributed by atoms with Crippen LogP contribution in [0.3, 0.4) is 0 Å². The third-order valence-corrected chi connectivity index (χ3v) is 3.36. The lowest BCUT2D eigenvalue weighted by Crippen LogP contribution is -1.97. The minimum Gasteiger partial charge on any atom is -0.282 e. The molecule has 5 nitrogen and oxygen atoms in total. The molecule has 98 valence electrons. The summed E-state index contributed by atoms with van der Waals surface area (Å²) in [5, 5.41) is 7.99. The molecule has 0 saturated heterocycles. The van der Waals surface area contributed by atoms with Gasteiger partial charge in [0.2, 0.25) is 0 Å². The van der Waals surface area contributed by atoms with Crippen molar-refractivity contribution in [2.75, 3.05) is 0 Å². The van der Waals surface area contributed by atoms with Gasteiger partial charge in [-0.25, -0.2) is 0 Å². The lowest BCUT2D eigenvalue weighted by Gasteiger charge is -2.01. The van der Waals surface area contributed by atoms with E-state index in [9.17, 15) is 8.42 Å². The van der Waals surface area contributed by atoms with E-state index < -0.39 is 10.1 Å². The Labute approximate surface area is 115 Å². The molecule has 2 aromatic rings. The van der Waals surface area contributed by atoms with Crippen LogP contribution in [0.25, 0.3) is 0 Å². The predicted molar refractivity (Wildman–Crippen MR) is 71.9 cm³/mol. The zero-order valence-corrected chi connectivity index (χ0v) is 11.1. The van der Waals surface area contributed by atoms with E-state index in [-0.39, 0.29) is 10.6 Å². The minimum atomic E-state index is -4.37. The molecule has 0 amide bonds. The zero-order chi connectivity index (χ0) is 13.9. The number of hydrogen-bond donors (Lipinski definition) is 1. The van der Waals surface area contributed by atoms with E-state index in [0.717, 1.165) is 0 Å². The molecule has 0 saturated carbocycles. The molecule has 0 atom stereocenters. The SMILES string of the molecule is O=S(=O)(O)c1ccc(Cl)cc1N=Nc1ccccc1. The van der Waals surface area contributed by atoms with Gasteiger partial charge < -0.3 is 0 Å². The summed E-state index contributed by atoms with van der Waals surface area (Å²) < 4.78 is 31.5. The van der Waals surface area contributed by atoms with Crippen LogP contribution in [0, 0.1) is 0 Å². The van der Waals surface area contributed by atoms with Gasteiger partial charge in [0.25, 0.3) is 10.1 Å². The summed E-state index contributed by atoms with van der Waals surface area (Å²) in [6.07, 6.45) is 0. The van der Waals surface area contributed by atoms with Crippen LogP contribution in [-0.2, 0) is 10.1 Å². The first-order valence-corrected chi connectivity index (χ1v) is 7.02. The van der Waals surface area contributed by atoms with Gasteiger partial charge in [-0.1, -0.05) is 29.8 Å². The van der Waals surface area contributed by atoms with E-state index >= 15 is 0 Å². The minimum absolute atomic E-state index is 0.0150. The first kappa shape index (κ1) is 13.7. The highest BCUT2D eigenvalue weighted by atomic mass is 35.5. The molecule has 0 spiro atoms. The highest BCUT2D eigenvalue weighted by Gasteiger charge is 2.15. The van der Waals surface area contributed by atoms with E-state index in [2.05, 4.69) is 10.2 Å². The molecule has 0 aromatic heterocycles. The highest BCUT2D eigenvalue weighted by molar-refractivity contribution is 7.86. The lowest BCUT2D eigenvalue weighted by atomic mass is 10.3. The Morgan fingerprint density at radius 1 is 1.00 bits per heavy atom. The summed E-state index contributed by atoms with van der Waals surface area (Å²) in [5.74, 6) is 0. The third kappa shape index (κ3) is 3.60. The van der Waals surface area contributed by atoms with Crippen LogP contribution in [-0.4, -0.2) is 13.0 Å². The smallest absolute Gasteiger partial charge is 0.282 e. The van der Waals surface area contributed by atoms with Gasteiger partial charge in [-0.05, 0) is 30.3 Å². The van der Waals surface area contributed by atoms with Crippen molar-refractivity contribution in [3.63, 3.8) is 0 Å². The number of halogens is 1. The summed E-state index contributed by atoms with van der Waals surface area (Å²) in [7, 11) is -4.37. The monoisotopic (exact) mass is 296 g/mol.